The number of aromatic nitrogens is 5. The molecule has 1 aliphatic rings. The van der Waals surface area contributed by atoms with Crippen molar-refractivity contribution in [3.63, 3.8) is 0 Å². The highest BCUT2D eigenvalue weighted by Crippen LogP contribution is 2.36. The molecule has 1 atom stereocenters. The van der Waals surface area contributed by atoms with Crippen molar-refractivity contribution >= 4 is 29.0 Å². The second-order valence-corrected chi connectivity index (χ2v) is 10.1. The number of carbonyl (C=O) groups excluding carboxylic acids is 1. The van der Waals surface area contributed by atoms with Gasteiger partial charge in [-0.3, -0.25) is 4.79 Å². The van der Waals surface area contributed by atoms with E-state index < -0.39 is 5.60 Å². The summed E-state index contributed by atoms with van der Waals surface area (Å²) in [5, 5.41) is 16.9. The van der Waals surface area contributed by atoms with E-state index in [9.17, 15) is 9.90 Å². The molecule has 0 bridgehead atoms. The molecule has 1 amide bonds. The van der Waals surface area contributed by atoms with Gasteiger partial charge >= 0.3 is 0 Å². The summed E-state index contributed by atoms with van der Waals surface area (Å²) in [5.41, 5.74) is 1.36. The minimum atomic E-state index is -1.49. The molecular formula is C25H27N7O2S. The summed E-state index contributed by atoms with van der Waals surface area (Å²) in [6, 6.07) is 9.23. The number of amides is 1. The Labute approximate surface area is 207 Å². The molecule has 2 N–H and O–H groups in total. The van der Waals surface area contributed by atoms with Gasteiger partial charge in [-0.1, -0.05) is 32.0 Å². The summed E-state index contributed by atoms with van der Waals surface area (Å²) in [6.07, 6.45) is 5.79. The van der Waals surface area contributed by atoms with Gasteiger partial charge in [0.15, 0.2) is 11.4 Å². The lowest BCUT2D eigenvalue weighted by molar-refractivity contribution is -0.143. The maximum Gasteiger partial charge on any atom is 0.258 e. The number of thiazole rings is 1. The zero-order chi connectivity index (χ0) is 24.6. The van der Waals surface area contributed by atoms with Gasteiger partial charge in [-0.05, 0) is 23.6 Å². The van der Waals surface area contributed by atoms with Crippen LogP contribution in [0.1, 0.15) is 25.8 Å². The number of nitrogens with zero attached hydrogens (tertiary/aromatic N) is 6. The van der Waals surface area contributed by atoms with Crippen molar-refractivity contribution in [3.05, 3.63) is 60.0 Å². The highest BCUT2D eigenvalue weighted by Gasteiger charge is 2.45. The van der Waals surface area contributed by atoms with E-state index in [2.05, 4.69) is 34.1 Å². The lowest BCUT2D eigenvalue weighted by Gasteiger charge is -2.21. The zero-order valence-corrected chi connectivity index (χ0v) is 20.7. The lowest BCUT2D eigenvalue weighted by Crippen LogP contribution is -2.36. The van der Waals surface area contributed by atoms with Gasteiger partial charge < -0.3 is 19.9 Å². The summed E-state index contributed by atoms with van der Waals surface area (Å²) in [5.74, 6) is 1.38. The molecule has 3 aromatic heterocycles. The predicted octanol–water partition coefficient (Wildman–Crippen LogP) is 3.91. The Balaban J connectivity index is 1.36. The number of hydrogen-bond acceptors (Lipinski definition) is 8. The number of imidazole rings is 1. The normalized spacial score (nSPS) is 18.0. The predicted molar refractivity (Wildman–Crippen MR) is 135 cm³/mol. The van der Waals surface area contributed by atoms with E-state index in [1.54, 1.807) is 30.5 Å². The van der Waals surface area contributed by atoms with Gasteiger partial charge in [0.05, 0.1) is 12.0 Å². The van der Waals surface area contributed by atoms with Crippen LogP contribution >= 0.6 is 11.3 Å². The molecule has 1 aliphatic heterocycles. The average molecular weight is 490 g/mol. The molecule has 0 saturated carbocycles. The third kappa shape index (κ3) is 4.67. The van der Waals surface area contributed by atoms with Gasteiger partial charge in [0.2, 0.25) is 5.95 Å². The Hall–Kier alpha value is -3.63. The van der Waals surface area contributed by atoms with Crippen molar-refractivity contribution in [2.45, 2.75) is 32.4 Å². The second kappa shape index (κ2) is 9.20. The number of nitrogens with one attached hydrogen (secondary N) is 1. The molecule has 1 saturated heterocycles. The van der Waals surface area contributed by atoms with E-state index in [4.69, 9.17) is 4.98 Å². The van der Waals surface area contributed by atoms with Crippen LogP contribution in [0.3, 0.4) is 0 Å². The molecule has 0 aliphatic carbocycles. The monoisotopic (exact) mass is 489 g/mol. The molecule has 1 aromatic carbocycles. The van der Waals surface area contributed by atoms with E-state index in [0.717, 1.165) is 22.8 Å². The summed E-state index contributed by atoms with van der Waals surface area (Å²) in [7, 11) is 1.71. The molecule has 9 nitrogen and oxygen atoms in total. The molecule has 4 heterocycles. The molecule has 0 radical (unpaired) electrons. The van der Waals surface area contributed by atoms with Crippen molar-refractivity contribution < 1.29 is 9.90 Å². The quantitative estimate of drug-likeness (QED) is 0.405. The molecule has 180 valence electrons. The smallest absolute Gasteiger partial charge is 0.258 e. The molecule has 5 rings (SSSR count). The highest BCUT2D eigenvalue weighted by molar-refractivity contribution is 7.13. The van der Waals surface area contributed by atoms with Crippen LogP contribution in [0.5, 0.6) is 0 Å². The van der Waals surface area contributed by atoms with Gasteiger partial charge in [-0.2, -0.15) is 0 Å². The Kier molecular flexibility index (Phi) is 6.08. The van der Waals surface area contributed by atoms with E-state index in [0.29, 0.717) is 41.9 Å². The van der Waals surface area contributed by atoms with Crippen LogP contribution in [0.25, 0.3) is 22.0 Å². The number of hydrogen-bond donors (Lipinski definition) is 2. The first-order valence-corrected chi connectivity index (χ1v) is 12.4. The van der Waals surface area contributed by atoms with Crippen LogP contribution in [0, 0.1) is 5.92 Å². The first-order valence-electron chi connectivity index (χ1n) is 11.5. The van der Waals surface area contributed by atoms with Gasteiger partial charge in [-0.15, -0.1) is 11.3 Å². The zero-order valence-electron chi connectivity index (χ0n) is 19.8. The number of aliphatic hydroxyl groups is 1. The van der Waals surface area contributed by atoms with Crippen molar-refractivity contribution in [1.29, 1.82) is 0 Å². The SMILES string of the molecule is CC(C)Cn1cnc(Nc2nccc(-c3csc(-c4cccc(C5(O)CCN(C)C5=O)c4)n3)n2)c1. The average Bonchev–Trinajstić information content (AvgIpc) is 3.57. The summed E-state index contributed by atoms with van der Waals surface area (Å²) >= 11 is 1.48. The number of anilines is 2. The van der Waals surface area contributed by atoms with E-state index in [-0.39, 0.29) is 5.91 Å². The fourth-order valence-electron chi connectivity index (χ4n) is 4.18. The van der Waals surface area contributed by atoms with Crippen LogP contribution in [-0.2, 0) is 16.9 Å². The Morgan fingerprint density at radius 1 is 1.20 bits per heavy atom. The van der Waals surface area contributed by atoms with Crippen molar-refractivity contribution in [2.75, 3.05) is 18.9 Å². The van der Waals surface area contributed by atoms with E-state index >= 15 is 0 Å². The Bertz CT molecular complexity index is 1370. The molecule has 1 unspecified atom stereocenters. The summed E-state index contributed by atoms with van der Waals surface area (Å²) < 4.78 is 2.03. The molecule has 4 aromatic rings. The van der Waals surface area contributed by atoms with E-state index in [1.165, 1.54) is 11.3 Å². The number of carbonyl (C=O) groups is 1. The summed E-state index contributed by atoms with van der Waals surface area (Å²) in [4.78, 5) is 32.1. The minimum absolute atomic E-state index is 0.274. The number of likely N-dealkylation sites (N-methyl/N-ethyl adjacent to an activating group) is 1. The Morgan fingerprint density at radius 3 is 2.83 bits per heavy atom. The van der Waals surface area contributed by atoms with E-state index in [1.807, 2.05) is 40.4 Å². The fraction of sp³-hybridized carbons (Fsp3) is 0.320. The van der Waals surface area contributed by atoms with Crippen molar-refractivity contribution in [2.24, 2.45) is 5.92 Å². The van der Waals surface area contributed by atoms with Crippen molar-refractivity contribution in [1.82, 2.24) is 29.4 Å². The standard InChI is InChI=1S/C25H27N7O2S/c1-16(2)12-32-13-21(27-15-32)30-24-26-9-7-19(29-24)20-14-35-22(28-20)17-5-4-6-18(11-17)25(34)8-10-31(3)23(25)33/h4-7,9,11,13-16,34H,8,10,12H2,1-3H3,(H,26,29,30). The molecule has 0 spiro atoms. The maximum absolute atomic E-state index is 12.5. The van der Waals surface area contributed by atoms with Crippen LogP contribution in [0.4, 0.5) is 11.8 Å². The minimum Gasteiger partial charge on any atom is -0.375 e. The molecule has 1 fully saturated rings. The maximum atomic E-state index is 12.5. The topological polar surface area (TPSA) is 109 Å². The largest absolute Gasteiger partial charge is 0.375 e. The highest BCUT2D eigenvalue weighted by atomic mass is 32.1. The lowest BCUT2D eigenvalue weighted by atomic mass is 9.91. The number of likely N-dealkylation sites (tertiary alicyclic amines) is 1. The van der Waals surface area contributed by atoms with Gasteiger partial charge in [-0.25, -0.2) is 19.9 Å². The Morgan fingerprint density at radius 2 is 2.06 bits per heavy atom. The first kappa shape index (κ1) is 23.1. The third-order valence-corrected chi connectivity index (χ3v) is 6.86. The number of rotatable bonds is 7. The van der Waals surface area contributed by atoms with Crippen LogP contribution in [0.2, 0.25) is 0 Å². The van der Waals surface area contributed by atoms with Crippen molar-refractivity contribution in [3.8, 4) is 22.0 Å². The van der Waals surface area contributed by atoms with Crippen LogP contribution < -0.4 is 5.32 Å². The van der Waals surface area contributed by atoms with Gasteiger partial charge in [0, 0.05) is 49.9 Å². The second-order valence-electron chi connectivity index (χ2n) is 9.20. The van der Waals surface area contributed by atoms with Gasteiger partial charge in [0.25, 0.3) is 5.91 Å². The first-order chi connectivity index (χ1) is 16.8. The third-order valence-electron chi connectivity index (χ3n) is 5.97. The molecule has 10 heteroatoms. The van der Waals surface area contributed by atoms with Crippen LogP contribution in [0.15, 0.2) is 54.4 Å². The summed E-state index contributed by atoms with van der Waals surface area (Å²) in [6.45, 7) is 5.74. The molecular weight excluding hydrogens is 462 g/mol. The van der Waals surface area contributed by atoms with Gasteiger partial charge in [0.1, 0.15) is 10.7 Å². The number of benzene rings is 1. The fourth-order valence-corrected chi connectivity index (χ4v) is 4.99. The van der Waals surface area contributed by atoms with Crippen LogP contribution in [-0.4, -0.2) is 54.0 Å². The molecule has 35 heavy (non-hydrogen) atoms.